The summed E-state index contributed by atoms with van der Waals surface area (Å²) < 4.78 is 47.5. The Labute approximate surface area is 233 Å². The van der Waals surface area contributed by atoms with Crippen LogP contribution in [0.3, 0.4) is 0 Å². The zero-order chi connectivity index (χ0) is 28.6. The third-order valence-corrected chi connectivity index (χ3v) is 8.05. The first-order chi connectivity index (χ1) is 18.6. The van der Waals surface area contributed by atoms with Gasteiger partial charge in [-0.1, -0.05) is 30.7 Å². The largest absolute Gasteiger partial charge is 0.494 e. The first-order valence-electron chi connectivity index (χ1n) is 12.4. The number of halogens is 2. The number of anilines is 1. The lowest BCUT2D eigenvalue weighted by Gasteiger charge is -2.33. The van der Waals surface area contributed by atoms with Gasteiger partial charge in [-0.05, 0) is 79.6 Å². The van der Waals surface area contributed by atoms with Crippen LogP contribution >= 0.6 is 11.6 Å². The average molecular weight is 576 g/mol. The molecule has 0 radical (unpaired) electrons. The van der Waals surface area contributed by atoms with Gasteiger partial charge in [0.1, 0.15) is 24.2 Å². The van der Waals surface area contributed by atoms with Crippen molar-refractivity contribution in [1.82, 2.24) is 10.2 Å². The highest BCUT2D eigenvalue weighted by atomic mass is 35.5. The second-order valence-corrected chi connectivity index (χ2v) is 10.9. The number of amides is 2. The summed E-state index contributed by atoms with van der Waals surface area (Å²) in [6.07, 6.45) is 0.298. The minimum absolute atomic E-state index is 0.0512. The molecule has 2 amide bonds. The lowest BCUT2D eigenvalue weighted by Crippen LogP contribution is -2.51. The van der Waals surface area contributed by atoms with E-state index >= 15 is 0 Å². The highest BCUT2D eigenvalue weighted by molar-refractivity contribution is 7.92. The van der Waals surface area contributed by atoms with Gasteiger partial charge in [0, 0.05) is 18.6 Å². The molecule has 1 atom stereocenters. The second-order valence-electron chi connectivity index (χ2n) is 8.58. The van der Waals surface area contributed by atoms with Gasteiger partial charge in [0.15, 0.2) is 0 Å². The minimum atomic E-state index is -4.30. The maximum Gasteiger partial charge on any atom is 0.264 e. The summed E-state index contributed by atoms with van der Waals surface area (Å²) in [6, 6.07) is 16.6. The number of rotatable bonds is 12. The standard InChI is InChI=1S/C28H31ClFN3O5S/c1-4-26(28(35)31-3)32(18-20-6-8-21(29)9-7-20)27(34)19-33(23-12-14-24(15-13-23)38-5-2)39(36,37)25-16-10-22(30)11-17-25/h6-17,26H,4-5,18-19H2,1-3H3,(H,31,35)/t26-/m0/s1. The molecule has 0 aromatic heterocycles. The summed E-state index contributed by atoms with van der Waals surface area (Å²) in [5.74, 6) is -1.04. The molecular formula is C28H31ClFN3O5S. The van der Waals surface area contributed by atoms with Gasteiger partial charge in [0.05, 0.1) is 17.2 Å². The number of sulfonamides is 1. The number of carbonyl (C=O) groups is 2. The molecule has 3 rings (SSSR count). The van der Waals surface area contributed by atoms with Gasteiger partial charge >= 0.3 is 0 Å². The minimum Gasteiger partial charge on any atom is -0.494 e. The Kier molecular flexibility index (Phi) is 10.3. The zero-order valence-electron chi connectivity index (χ0n) is 21.9. The number of hydrogen-bond acceptors (Lipinski definition) is 5. The number of nitrogens with zero attached hydrogens (tertiary/aromatic N) is 2. The summed E-state index contributed by atoms with van der Waals surface area (Å²) in [6.45, 7) is 3.46. The maximum atomic E-state index is 13.8. The van der Waals surface area contributed by atoms with Crippen molar-refractivity contribution in [2.45, 2.75) is 37.8 Å². The van der Waals surface area contributed by atoms with Crippen LogP contribution in [0, 0.1) is 5.82 Å². The smallest absolute Gasteiger partial charge is 0.264 e. The van der Waals surface area contributed by atoms with E-state index in [-0.39, 0.29) is 23.0 Å². The fourth-order valence-corrected chi connectivity index (χ4v) is 5.55. The van der Waals surface area contributed by atoms with E-state index in [0.29, 0.717) is 29.4 Å². The fraction of sp³-hybridized carbons (Fsp3) is 0.286. The number of hydrogen-bond donors (Lipinski definition) is 1. The Morgan fingerprint density at radius 1 is 0.974 bits per heavy atom. The van der Waals surface area contributed by atoms with Gasteiger partial charge < -0.3 is 15.0 Å². The quantitative estimate of drug-likeness (QED) is 0.340. The Morgan fingerprint density at radius 2 is 1.59 bits per heavy atom. The van der Waals surface area contributed by atoms with E-state index in [1.165, 1.54) is 24.1 Å². The van der Waals surface area contributed by atoms with E-state index in [0.717, 1.165) is 28.6 Å². The molecule has 0 saturated heterocycles. The second kappa shape index (κ2) is 13.4. The van der Waals surface area contributed by atoms with Gasteiger partial charge in [-0.15, -0.1) is 0 Å². The van der Waals surface area contributed by atoms with Crippen LogP contribution < -0.4 is 14.4 Å². The number of carbonyl (C=O) groups excluding carboxylic acids is 2. The highest BCUT2D eigenvalue weighted by Crippen LogP contribution is 2.27. The van der Waals surface area contributed by atoms with Crippen LogP contribution in [0.4, 0.5) is 10.1 Å². The SMILES string of the molecule is CCOc1ccc(N(CC(=O)N(Cc2ccc(Cl)cc2)[C@@H](CC)C(=O)NC)S(=O)(=O)c2ccc(F)cc2)cc1. The van der Waals surface area contributed by atoms with Gasteiger partial charge in [-0.25, -0.2) is 12.8 Å². The number of ether oxygens (including phenoxy) is 1. The Hall–Kier alpha value is -3.63. The van der Waals surface area contributed by atoms with Crippen LogP contribution in [-0.4, -0.2) is 51.4 Å². The van der Waals surface area contributed by atoms with Crippen LogP contribution in [-0.2, 0) is 26.2 Å². The number of nitrogens with one attached hydrogen (secondary N) is 1. The monoisotopic (exact) mass is 575 g/mol. The molecule has 11 heteroatoms. The zero-order valence-corrected chi connectivity index (χ0v) is 23.5. The van der Waals surface area contributed by atoms with Crippen molar-refractivity contribution in [1.29, 1.82) is 0 Å². The first kappa shape index (κ1) is 29.9. The highest BCUT2D eigenvalue weighted by Gasteiger charge is 2.33. The summed E-state index contributed by atoms with van der Waals surface area (Å²) in [7, 11) is -2.83. The third kappa shape index (κ3) is 7.48. The van der Waals surface area contributed by atoms with Gasteiger partial charge in [0.25, 0.3) is 10.0 Å². The molecule has 0 aliphatic carbocycles. The molecule has 3 aromatic carbocycles. The Balaban J connectivity index is 2.05. The molecule has 0 fully saturated rings. The van der Waals surface area contributed by atoms with E-state index in [1.807, 2.05) is 6.92 Å². The molecule has 0 spiro atoms. The van der Waals surface area contributed by atoms with Crippen molar-refractivity contribution in [3.05, 3.63) is 89.2 Å². The number of likely N-dealkylation sites (N-methyl/N-ethyl adjacent to an activating group) is 1. The molecule has 0 heterocycles. The molecule has 3 aromatic rings. The van der Waals surface area contributed by atoms with Crippen molar-refractivity contribution in [3.8, 4) is 5.75 Å². The number of benzene rings is 3. The van der Waals surface area contributed by atoms with E-state index in [9.17, 15) is 22.4 Å². The van der Waals surface area contributed by atoms with Gasteiger partial charge in [0.2, 0.25) is 11.8 Å². The molecule has 39 heavy (non-hydrogen) atoms. The average Bonchev–Trinajstić information content (AvgIpc) is 2.93. The summed E-state index contributed by atoms with van der Waals surface area (Å²) >= 11 is 6.01. The first-order valence-corrected chi connectivity index (χ1v) is 14.2. The van der Waals surface area contributed by atoms with Crippen LogP contribution in [0.5, 0.6) is 5.75 Å². The summed E-state index contributed by atoms with van der Waals surface area (Å²) in [5, 5.41) is 3.09. The van der Waals surface area contributed by atoms with Gasteiger partial charge in [-0.2, -0.15) is 0 Å². The molecule has 208 valence electrons. The van der Waals surface area contributed by atoms with Crippen LogP contribution in [0.25, 0.3) is 0 Å². The predicted molar refractivity (Wildman–Crippen MR) is 149 cm³/mol. The van der Waals surface area contributed by atoms with Crippen LogP contribution in [0.15, 0.2) is 77.7 Å². The molecule has 0 bridgehead atoms. The van der Waals surface area contributed by atoms with E-state index in [4.69, 9.17) is 16.3 Å². The third-order valence-electron chi connectivity index (χ3n) is 6.01. The van der Waals surface area contributed by atoms with Gasteiger partial charge in [-0.3, -0.25) is 13.9 Å². The van der Waals surface area contributed by atoms with E-state index in [1.54, 1.807) is 43.3 Å². The molecular weight excluding hydrogens is 545 g/mol. The van der Waals surface area contributed by atoms with E-state index in [2.05, 4.69) is 5.32 Å². The van der Waals surface area contributed by atoms with Crippen LogP contribution in [0.1, 0.15) is 25.8 Å². The van der Waals surface area contributed by atoms with Crippen molar-refractivity contribution >= 4 is 39.1 Å². The van der Waals surface area contributed by atoms with Crippen molar-refractivity contribution < 1.29 is 27.1 Å². The van der Waals surface area contributed by atoms with Crippen molar-refractivity contribution in [2.24, 2.45) is 0 Å². The Morgan fingerprint density at radius 3 is 2.13 bits per heavy atom. The lowest BCUT2D eigenvalue weighted by atomic mass is 10.1. The molecule has 1 N–H and O–H groups in total. The Bertz CT molecular complexity index is 1370. The molecule has 0 aliphatic heterocycles. The molecule has 0 aliphatic rings. The lowest BCUT2D eigenvalue weighted by molar-refractivity contribution is -0.140. The molecule has 8 nitrogen and oxygen atoms in total. The van der Waals surface area contributed by atoms with Crippen molar-refractivity contribution in [2.75, 3.05) is 24.5 Å². The summed E-state index contributed by atoms with van der Waals surface area (Å²) in [4.78, 5) is 27.7. The van der Waals surface area contributed by atoms with E-state index < -0.39 is 34.3 Å². The topological polar surface area (TPSA) is 96.0 Å². The maximum absolute atomic E-state index is 13.8. The summed E-state index contributed by atoms with van der Waals surface area (Å²) in [5.41, 5.74) is 0.916. The molecule has 0 saturated carbocycles. The fourth-order valence-electron chi connectivity index (χ4n) is 4.01. The van der Waals surface area contributed by atoms with Crippen molar-refractivity contribution in [3.63, 3.8) is 0 Å². The van der Waals surface area contributed by atoms with Crippen LogP contribution in [0.2, 0.25) is 5.02 Å². The predicted octanol–water partition coefficient (Wildman–Crippen LogP) is 4.63. The normalized spacial score (nSPS) is 11.9. The molecule has 0 unspecified atom stereocenters.